The van der Waals surface area contributed by atoms with Gasteiger partial charge in [-0.2, -0.15) is 4.31 Å². The molecule has 4 rings (SSSR count). The van der Waals surface area contributed by atoms with Crippen LogP contribution in [0.1, 0.15) is 28.3 Å². The van der Waals surface area contributed by atoms with E-state index in [1.807, 2.05) is 55.5 Å². The summed E-state index contributed by atoms with van der Waals surface area (Å²) in [5.74, 6) is 1.25. The lowest BCUT2D eigenvalue weighted by molar-refractivity contribution is 0.301. The summed E-state index contributed by atoms with van der Waals surface area (Å²) in [4.78, 5) is 0.309. The van der Waals surface area contributed by atoms with Crippen LogP contribution in [-0.2, 0) is 22.9 Å². The molecular weight excluding hydrogens is 490 g/mol. The van der Waals surface area contributed by atoms with E-state index >= 15 is 0 Å². The molecule has 0 aromatic heterocycles. The molecule has 1 aliphatic heterocycles. The maximum Gasteiger partial charge on any atom is 0.243 e. The zero-order valence-corrected chi connectivity index (χ0v) is 20.7. The number of sulfonamides is 1. The van der Waals surface area contributed by atoms with Gasteiger partial charge in [-0.1, -0.05) is 51.8 Å². The number of nitrogens with zero attached hydrogens (tertiary/aromatic N) is 1. The Morgan fingerprint density at radius 2 is 1.66 bits per heavy atom. The first-order valence-corrected chi connectivity index (χ1v) is 12.6. The molecule has 3 aromatic carbocycles. The first-order valence-electron chi connectivity index (χ1n) is 10.4. The van der Waals surface area contributed by atoms with Gasteiger partial charge in [0.05, 0.1) is 25.2 Å². The molecule has 168 valence electrons. The quantitative estimate of drug-likeness (QED) is 0.446. The fourth-order valence-corrected chi connectivity index (χ4v) is 6.27. The maximum absolute atomic E-state index is 13.7. The van der Waals surface area contributed by atoms with Crippen molar-refractivity contribution in [1.82, 2.24) is 4.31 Å². The van der Waals surface area contributed by atoms with Gasteiger partial charge in [0.1, 0.15) is 0 Å². The van der Waals surface area contributed by atoms with Crippen LogP contribution in [0.2, 0.25) is 0 Å². The highest BCUT2D eigenvalue weighted by Crippen LogP contribution is 2.42. The van der Waals surface area contributed by atoms with Gasteiger partial charge in [-0.25, -0.2) is 8.42 Å². The summed E-state index contributed by atoms with van der Waals surface area (Å²) in [6.07, 6.45) is 1.14. The van der Waals surface area contributed by atoms with Gasteiger partial charge < -0.3 is 9.47 Å². The number of rotatable bonds is 6. The van der Waals surface area contributed by atoms with E-state index in [0.717, 1.165) is 26.7 Å². The summed E-state index contributed by atoms with van der Waals surface area (Å²) in [5, 5.41) is 0. The zero-order valence-electron chi connectivity index (χ0n) is 18.3. The fraction of sp³-hybridized carbons (Fsp3) is 0.280. The third-order valence-corrected chi connectivity index (χ3v) is 8.65. The SMILES string of the molecule is COc1cc2c(cc1OC)C(Cc1ccccc1Br)N(S(=O)(=O)c1ccc(C)cc1)CC2. The van der Waals surface area contributed by atoms with Crippen molar-refractivity contribution in [2.45, 2.75) is 30.7 Å². The minimum absolute atomic E-state index is 0.309. The van der Waals surface area contributed by atoms with E-state index in [0.29, 0.717) is 35.8 Å². The molecule has 1 heterocycles. The molecule has 1 atom stereocenters. The van der Waals surface area contributed by atoms with E-state index in [1.165, 1.54) is 0 Å². The molecule has 1 aliphatic rings. The molecule has 32 heavy (non-hydrogen) atoms. The Labute approximate surface area is 198 Å². The molecule has 0 aliphatic carbocycles. The third-order valence-electron chi connectivity index (χ3n) is 5.95. The fourth-order valence-electron chi connectivity index (χ4n) is 4.22. The van der Waals surface area contributed by atoms with Gasteiger partial charge in [0.2, 0.25) is 10.0 Å². The van der Waals surface area contributed by atoms with Gasteiger partial charge in [-0.05, 0) is 66.8 Å². The maximum atomic E-state index is 13.7. The molecule has 0 amide bonds. The van der Waals surface area contributed by atoms with Crippen LogP contribution in [0.4, 0.5) is 0 Å². The van der Waals surface area contributed by atoms with Crippen molar-refractivity contribution in [1.29, 1.82) is 0 Å². The number of fused-ring (bicyclic) bond motifs is 1. The number of halogens is 1. The smallest absolute Gasteiger partial charge is 0.243 e. The highest BCUT2D eigenvalue weighted by molar-refractivity contribution is 9.10. The Hall–Kier alpha value is -2.35. The molecule has 3 aromatic rings. The Morgan fingerprint density at radius 1 is 1.00 bits per heavy atom. The van der Waals surface area contributed by atoms with Crippen LogP contribution in [0.3, 0.4) is 0 Å². The molecule has 0 fully saturated rings. The molecule has 0 spiro atoms. The van der Waals surface area contributed by atoms with Crippen molar-refractivity contribution in [2.75, 3.05) is 20.8 Å². The van der Waals surface area contributed by atoms with Gasteiger partial charge in [0.15, 0.2) is 11.5 Å². The van der Waals surface area contributed by atoms with Crippen molar-refractivity contribution < 1.29 is 17.9 Å². The summed E-state index contributed by atoms with van der Waals surface area (Å²) in [6, 6.07) is 18.5. The van der Waals surface area contributed by atoms with Crippen LogP contribution in [0.25, 0.3) is 0 Å². The molecular formula is C25H26BrNO4S. The Kier molecular flexibility index (Phi) is 6.60. The molecule has 0 saturated carbocycles. The molecule has 7 heteroatoms. The average Bonchev–Trinajstić information content (AvgIpc) is 2.79. The lowest BCUT2D eigenvalue weighted by Crippen LogP contribution is -2.41. The van der Waals surface area contributed by atoms with Gasteiger partial charge >= 0.3 is 0 Å². The summed E-state index contributed by atoms with van der Waals surface area (Å²) >= 11 is 3.62. The Balaban J connectivity index is 1.85. The van der Waals surface area contributed by atoms with Gasteiger partial charge in [-0.3, -0.25) is 0 Å². The second-order valence-corrected chi connectivity index (χ2v) is 10.6. The topological polar surface area (TPSA) is 55.8 Å². The number of hydrogen-bond acceptors (Lipinski definition) is 4. The standard InChI is InChI=1S/C25H26BrNO4S/c1-17-8-10-20(11-9-17)32(28,29)27-13-12-18-15-24(30-2)25(31-3)16-21(18)23(27)14-19-6-4-5-7-22(19)26/h4-11,15-16,23H,12-14H2,1-3H3. The van der Waals surface area contributed by atoms with Crippen LogP contribution in [0.15, 0.2) is 70.0 Å². The molecule has 0 bridgehead atoms. The van der Waals surface area contributed by atoms with Crippen molar-refractivity contribution in [3.63, 3.8) is 0 Å². The van der Waals surface area contributed by atoms with Crippen molar-refractivity contribution >= 4 is 26.0 Å². The third kappa shape index (κ3) is 4.29. The van der Waals surface area contributed by atoms with E-state index in [1.54, 1.807) is 30.7 Å². The summed E-state index contributed by atoms with van der Waals surface area (Å²) in [6.45, 7) is 2.34. The predicted molar refractivity (Wildman–Crippen MR) is 129 cm³/mol. The van der Waals surface area contributed by atoms with E-state index in [4.69, 9.17) is 9.47 Å². The second-order valence-electron chi connectivity index (χ2n) is 7.90. The number of ether oxygens (including phenoxy) is 2. The minimum Gasteiger partial charge on any atom is -0.493 e. The van der Waals surface area contributed by atoms with E-state index in [-0.39, 0.29) is 6.04 Å². The number of hydrogen-bond donors (Lipinski definition) is 0. The summed E-state index contributed by atoms with van der Waals surface area (Å²) in [5.41, 5.74) is 4.09. The van der Waals surface area contributed by atoms with Crippen molar-refractivity contribution in [2.24, 2.45) is 0 Å². The van der Waals surface area contributed by atoms with Crippen molar-refractivity contribution in [3.05, 3.63) is 87.4 Å². The Bertz CT molecular complexity index is 1230. The minimum atomic E-state index is -3.69. The lowest BCUT2D eigenvalue weighted by atomic mass is 9.89. The zero-order chi connectivity index (χ0) is 22.9. The normalized spacial score (nSPS) is 16.4. The second kappa shape index (κ2) is 9.25. The van der Waals surface area contributed by atoms with E-state index < -0.39 is 10.0 Å². The summed E-state index contributed by atoms with van der Waals surface area (Å²) in [7, 11) is -0.488. The molecule has 1 unspecified atom stereocenters. The van der Waals surface area contributed by atoms with Crippen LogP contribution < -0.4 is 9.47 Å². The number of aryl methyl sites for hydroxylation is 1. The first kappa shape index (κ1) is 22.8. The van der Waals surface area contributed by atoms with Crippen LogP contribution >= 0.6 is 15.9 Å². The highest BCUT2D eigenvalue weighted by atomic mass is 79.9. The monoisotopic (exact) mass is 515 g/mol. The number of methoxy groups -OCH3 is 2. The van der Waals surface area contributed by atoms with Crippen LogP contribution in [0, 0.1) is 6.92 Å². The van der Waals surface area contributed by atoms with Crippen LogP contribution in [0.5, 0.6) is 11.5 Å². The van der Waals surface area contributed by atoms with Crippen molar-refractivity contribution in [3.8, 4) is 11.5 Å². The van der Waals surface area contributed by atoms with Gasteiger partial charge in [-0.15, -0.1) is 0 Å². The molecule has 0 saturated heterocycles. The average molecular weight is 516 g/mol. The first-order chi connectivity index (χ1) is 15.3. The lowest BCUT2D eigenvalue weighted by Gasteiger charge is -2.37. The molecule has 0 N–H and O–H groups in total. The largest absolute Gasteiger partial charge is 0.493 e. The van der Waals surface area contributed by atoms with Gasteiger partial charge in [0.25, 0.3) is 0 Å². The van der Waals surface area contributed by atoms with E-state index in [9.17, 15) is 8.42 Å². The van der Waals surface area contributed by atoms with Crippen LogP contribution in [-0.4, -0.2) is 33.5 Å². The predicted octanol–water partition coefficient (Wildman–Crippen LogP) is 5.31. The van der Waals surface area contributed by atoms with Gasteiger partial charge in [0, 0.05) is 11.0 Å². The summed E-state index contributed by atoms with van der Waals surface area (Å²) < 4.78 is 41.1. The number of benzene rings is 3. The molecule has 5 nitrogen and oxygen atoms in total. The highest BCUT2D eigenvalue weighted by Gasteiger charge is 2.37. The van der Waals surface area contributed by atoms with E-state index in [2.05, 4.69) is 15.9 Å². The Morgan fingerprint density at radius 3 is 2.31 bits per heavy atom. The molecule has 0 radical (unpaired) electrons.